The maximum absolute atomic E-state index is 10.6. The molecule has 0 spiro atoms. The van der Waals surface area contributed by atoms with Crippen molar-refractivity contribution in [1.29, 1.82) is 0 Å². The summed E-state index contributed by atoms with van der Waals surface area (Å²) >= 11 is 0. The number of alkyl halides is 6. The predicted molar refractivity (Wildman–Crippen MR) is 61.5 cm³/mol. The molecule has 2 heterocycles. The molecule has 1 aliphatic rings. The van der Waals surface area contributed by atoms with Crippen LogP contribution in [0.15, 0.2) is 18.5 Å². The first kappa shape index (κ1) is 20.7. The number of rotatable bonds is 1. The molecule has 2 rings (SSSR count). The van der Waals surface area contributed by atoms with E-state index in [1.165, 1.54) is 0 Å². The fourth-order valence-electron chi connectivity index (χ4n) is 0.957. The zero-order valence-corrected chi connectivity index (χ0v) is 11.1. The van der Waals surface area contributed by atoms with Crippen molar-refractivity contribution in [3.8, 4) is 0 Å². The van der Waals surface area contributed by atoms with E-state index in [4.69, 9.17) is 19.8 Å². The Morgan fingerprint density at radius 2 is 1.43 bits per heavy atom. The first-order chi connectivity index (χ1) is 10.4. The molecule has 0 radical (unpaired) electrons. The predicted octanol–water partition coefficient (Wildman–Crippen LogP) is 1.29. The van der Waals surface area contributed by atoms with Crippen LogP contribution in [0.5, 0.6) is 0 Å². The van der Waals surface area contributed by atoms with Crippen LogP contribution in [0.4, 0.5) is 26.3 Å². The van der Waals surface area contributed by atoms with E-state index < -0.39 is 24.3 Å². The molecule has 3 N–H and O–H groups in total. The normalized spacial score (nSPS) is 14.5. The molecular weight excluding hydrogens is 340 g/mol. The van der Waals surface area contributed by atoms with E-state index in [1.807, 2.05) is 23.1 Å². The fraction of sp³-hybridized carbons (Fsp3) is 0.500. The number of aliphatic carboxylic acids is 2. The smallest absolute Gasteiger partial charge is 0.475 e. The van der Waals surface area contributed by atoms with Crippen LogP contribution in [0.2, 0.25) is 0 Å². The summed E-state index contributed by atoms with van der Waals surface area (Å²) in [7, 11) is 0. The van der Waals surface area contributed by atoms with Gasteiger partial charge in [0.1, 0.15) is 0 Å². The van der Waals surface area contributed by atoms with Crippen LogP contribution in [0.1, 0.15) is 6.04 Å². The lowest BCUT2D eigenvalue weighted by molar-refractivity contribution is -0.193. The Kier molecular flexibility index (Phi) is 7.52. The van der Waals surface area contributed by atoms with Gasteiger partial charge in [-0.1, -0.05) is 0 Å². The highest BCUT2D eigenvalue weighted by atomic mass is 19.4. The molecule has 0 aliphatic carbocycles. The number of carboxylic acid groups (broad SMARTS) is 2. The van der Waals surface area contributed by atoms with Gasteiger partial charge in [0.15, 0.2) is 0 Å². The number of hydrogen-bond donors (Lipinski definition) is 3. The number of nitrogens with one attached hydrogen (secondary N) is 1. The van der Waals surface area contributed by atoms with E-state index in [2.05, 4.69) is 10.4 Å². The molecule has 13 heteroatoms. The van der Waals surface area contributed by atoms with E-state index in [9.17, 15) is 26.3 Å². The van der Waals surface area contributed by atoms with Gasteiger partial charge in [-0.25, -0.2) is 9.59 Å². The van der Waals surface area contributed by atoms with Crippen molar-refractivity contribution in [2.75, 3.05) is 13.1 Å². The number of halogens is 6. The van der Waals surface area contributed by atoms with E-state index in [0.29, 0.717) is 6.04 Å². The summed E-state index contributed by atoms with van der Waals surface area (Å²) in [6, 6.07) is 2.57. The maximum atomic E-state index is 10.6. The molecule has 0 unspecified atom stereocenters. The molecule has 132 valence electrons. The first-order valence-electron chi connectivity index (χ1n) is 5.65. The molecule has 0 saturated carbocycles. The van der Waals surface area contributed by atoms with E-state index in [-0.39, 0.29) is 0 Å². The van der Waals surface area contributed by atoms with Gasteiger partial charge in [0.05, 0.1) is 6.04 Å². The third-order valence-electron chi connectivity index (χ3n) is 2.14. The molecule has 0 amide bonds. The highest BCUT2D eigenvalue weighted by Crippen LogP contribution is 2.13. The molecule has 1 aliphatic heterocycles. The van der Waals surface area contributed by atoms with Gasteiger partial charge in [0, 0.05) is 25.5 Å². The Morgan fingerprint density at radius 1 is 1.04 bits per heavy atom. The SMILES string of the molecule is O=C(O)C(F)(F)F.O=C(O)C(F)(F)F.c1cnn(C2CNC2)c1. The van der Waals surface area contributed by atoms with Crippen LogP contribution in [0, 0.1) is 0 Å². The summed E-state index contributed by atoms with van der Waals surface area (Å²) in [5.74, 6) is -5.51. The Labute approximate surface area is 124 Å². The van der Waals surface area contributed by atoms with Crippen molar-refractivity contribution in [2.24, 2.45) is 0 Å². The molecule has 1 saturated heterocycles. The van der Waals surface area contributed by atoms with Gasteiger partial charge in [-0.2, -0.15) is 31.4 Å². The van der Waals surface area contributed by atoms with Crippen LogP contribution in [-0.2, 0) is 9.59 Å². The standard InChI is InChI=1S/C6H9N3.2C2HF3O2/c1-2-8-9(3-1)6-4-7-5-6;2*3-2(4,5)1(6)7/h1-3,6-7H,4-5H2;2*(H,6,7). The van der Waals surface area contributed by atoms with Crippen molar-refractivity contribution < 1.29 is 46.1 Å². The van der Waals surface area contributed by atoms with Crippen molar-refractivity contribution in [3.63, 3.8) is 0 Å². The zero-order valence-electron chi connectivity index (χ0n) is 11.1. The van der Waals surface area contributed by atoms with Gasteiger partial charge in [0.25, 0.3) is 0 Å². The monoisotopic (exact) mass is 351 g/mol. The number of nitrogens with zero attached hydrogens (tertiary/aromatic N) is 2. The van der Waals surface area contributed by atoms with Crippen LogP contribution in [0.3, 0.4) is 0 Å². The summed E-state index contributed by atoms with van der Waals surface area (Å²) in [5, 5.41) is 21.6. The van der Waals surface area contributed by atoms with E-state index in [1.54, 1.807) is 0 Å². The number of carboxylic acids is 2. The Balaban J connectivity index is 0.000000322. The van der Waals surface area contributed by atoms with Crippen LogP contribution in [-0.4, -0.2) is 57.4 Å². The second-order valence-corrected chi connectivity index (χ2v) is 3.90. The lowest BCUT2D eigenvalue weighted by atomic mass is 10.2. The van der Waals surface area contributed by atoms with Crippen LogP contribution < -0.4 is 5.32 Å². The number of hydrogen-bond acceptors (Lipinski definition) is 4. The minimum atomic E-state index is -5.08. The average Bonchev–Trinajstić information content (AvgIpc) is 2.79. The summed E-state index contributed by atoms with van der Waals surface area (Å²) in [6.07, 6.45) is -6.34. The third kappa shape index (κ3) is 8.65. The topological polar surface area (TPSA) is 104 Å². The molecule has 1 fully saturated rings. The summed E-state index contributed by atoms with van der Waals surface area (Å²) in [5.41, 5.74) is 0. The second-order valence-electron chi connectivity index (χ2n) is 3.90. The Bertz CT molecular complexity index is 472. The third-order valence-corrected chi connectivity index (χ3v) is 2.14. The highest BCUT2D eigenvalue weighted by molar-refractivity contribution is 5.73. The lowest BCUT2D eigenvalue weighted by Gasteiger charge is -2.26. The number of carbonyl (C=O) groups is 2. The van der Waals surface area contributed by atoms with Gasteiger partial charge < -0.3 is 15.5 Å². The maximum Gasteiger partial charge on any atom is 0.490 e. The average molecular weight is 351 g/mol. The largest absolute Gasteiger partial charge is 0.490 e. The van der Waals surface area contributed by atoms with Gasteiger partial charge in [-0.3, -0.25) is 4.68 Å². The molecule has 1 aromatic rings. The van der Waals surface area contributed by atoms with E-state index in [0.717, 1.165) is 13.1 Å². The van der Waals surface area contributed by atoms with Gasteiger partial charge in [0.2, 0.25) is 0 Å². The van der Waals surface area contributed by atoms with E-state index >= 15 is 0 Å². The minimum Gasteiger partial charge on any atom is -0.475 e. The zero-order chi connectivity index (χ0) is 18.3. The first-order valence-corrected chi connectivity index (χ1v) is 5.65. The summed E-state index contributed by atoms with van der Waals surface area (Å²) in [4.78, 5) is 17.8. The van der Waals surface area contributed by atoms with Crippen LogP contribution >= 0.6 is 0 Å². The van der Waals surface area contributed by atoms with Gasteiger partial charge >= 0.3 is 24.3 Å². The second kappa shape index (κ2) is 8.36. The molecule has 23 heavy (non-hydrogen) atoms. The highest BCUT2D eigenvalue weighted by Gasteiger charge is 2.38. The van der Waals surface area contributed by atoms with Crippen molar-refractivity contribution in [1.82, 2.24) is 15.1 Å². The molecule has 1 aromatic heterocycles. The number of aromatic nitrogens is 2. The van der Waals surface area contributed by atoms with Crippen molar-refractivity contribution in [3.05, 3.63) is 18.5 Å². The van der Waals surface area contributed by atoms with Crippen molar-refractivity contribution >= 4 is 11.9 Å². The fourth-order valence-corrected chi connectivity index (χ4v) is 0.957. The molecule has 0 aromatic carbocycles. The molecule has 0 atom stereocenters. The molecular formula is C10H11F6N3O4. The molecule has 0 bridgehead atoms. The quantitative estimate of drug-likeness (QED) is 0.659. The van der Waals surface area contributed by atoms with Crippen LogP contribution in [0.25, 0.3) is 0 Å². The summed E-state index contributed by atoms with van der Waals surface area (Å²) < 4.78 is 65.5. The molecule has 7 nitrogen and oxygen atoms in total. The van der Waals surface area contributed by atoms with Gasteiger partial charge in [-0.15, -0.1) is 0 Å². The lowest BCUT2D eigenvalue weighted by Crippen LogP contribution is -2.43. The van der Waals surface area contributed by atoms with Gasteiger partial charge in [-0.05, 0) is 6.07 Å². The Morgan fingerprint density at radius 3 is 1.61 bits per heavy atom. The Hall–Kier alpha value is -2.31. The summed E-state index contributed by atoms with van der Waals surface area (Å²) in [6.45, 7) is 2.14. The minimum absolute atomic E-state index is 0.611. The van der Waals surface area contributed by atoms with Crippen molar-refractivity contribution in [2.45, 2.75) is 18.4 Å².